The van der Waals surface area contributed by atoms with Crippen LogP contribution >= 0.6 is 0 Å². The number of alkyl halides is 6. The summed E-state index contributed by atoms with van der Waals surface area (Å²) in [5.41, 5.74) is 4.66. The van der Waals surface area contributed by atoms with Crippen molar-refractivity contribution in [1.29, 1.82) is 0 Å². The Balaban J connectivity index is 2.85. The summed E-state index contributed by atoms with van der Waals surface area (Å²) in [6.45, 7) is 0. The highest BCUT2D eigenvalue weighted by atomic mass is 19.4. The number of fused-ring (bicyclic) bond motifs is 1. The molecule has 0 saturated heterocycles. The molecule has 6 nitrogen and oxygen atoms in total. The molecule has 0 unspecified atom stereocenters. The first kappa shape index (κ1) is 13.3. The van der Waals surface area contributed by atoms with Crippen molar-refractivity contribution < 1.29 is 26.3 Å². The van der Waals surface area contributed by atoms with Gasteiger partial charge < -0.3 is 11.5 Å². The maximum atomic E-state index is 12.7. The lowest BCUT2D eigenvalue weighted by Crippen LogP contribution is -2.53. The van der Waals surface area contributed by atoms with Crippen molar-refractivity contribution in [2.75, 3.05) is 11.5 Å². The number of anilines is 2. The summed E-state index contributed by atoms with van der Waals surface area (Å²) in [4.78, 5) is 11.5. The number of hydrogen-bond donors (Lipinski definition) is 2. The molecule has 19 heavy (non-hydrogen) atoms. The summed E-state index contributed by atoms with van der Waals surface area (Å²) in [6.07, 6.45) is -11.6. The second-order valence-corrected chi connectivity index (χ2v) is 3.53. The predicted molar refractivity (Wildman–Crippen MR) is 48.0 cm³/mol. The fraction of sp³-hybridized carbons (Fsp3) is 0.429. The van der Waals surface area contributed by atoms with Gasteiger partial charge in [-0.05, 0) is 0 Å². The maximum Gasteiger partial charge on any atom is 0.443 e. The van der Waals surface area contributed by atoms with Gasteiger partial charge >= 0.3 is 18.0 Å². The monoisotopic (exact) mass is 286 g/mol. The van der Waals surface area contributed by atoms with Gasteiger partial charge in [0.1, 0.15) is 5.36 Å². The van der Waals surface area contributed by atoms with E-state index in [1.807, 2.05) is 0 Å². The number of rotatable bonds is 0. The van der Waals surface area contributed by atoms with Crippen LogP contribution in [0.2, 0.25) is 0 Å². The van der Waals surface area contributed by atoms with Gasteiger partial charge in [0.25, 0.3) is 0 Å². The van der Waals surface area contributed by atoms with E-state index in [-0.39, 0.29) is 0 Å². The Morgan fingerprint density at radius 2 is 1.37 bits per heavy atom. The second-order valence-electron chi connectivity index (χ2n) is 3.53. The molecule has 0 spiro atoms. The average molecular weight is 286 g/mol. The zero-order valence-electron chi connectivity index (χ0n) is 8.71. The number of hydrogen-bond acceptors (Lipinski definition) is 6. The van der Waals surface area contributed by atoms with Crippen LogP contribution in [0.25, 0.3) is 0 Å². The van der Waals surface area contributed by atoms with Crippen LogP contribution in [0.4, 0.5) is 38.1 Å². The van der Waals surface area contributed by atoms with E-state index >= 15 is 0 Å². The van der Waals surface area contributed by atoms with Gasteiger partial charge in [-0.1, -0.05) is 0 Å². The molecular formula is C7H4F6N6. The van der Waals surface area contributed by atoms with Crippen LogP contribution in [0.1, 0.15) is 0 Å². The number of nitrogens with two attached hydrogens (primary N) is 2. The Bertz CT molecular complexity index is 632. The molecule has 0 atom stereocenters. The largest absolute Gasteiger partial charge is 0.443 e. The van der Waals surface area contributed by atoms with E-state index in [0.717, 1.165) is 0 Å². The molecule has 2 heterocycles. The molecular weight excluding hydrogens is 282 g/mol. The van der Waals surface area contributed by atoms with Gasteiger partial charge in [0.05, 0.1) is 0 Å². The maximum absolute atomic E-state index is 12.7. The molecule has 0 aliphatic carbocycles. The van der Waals surface area contributed by atoms with Crippen molar-refractivity contribution in [3.05, 3.63) is 10.8 Å². The summed E-state index contributed by atoms with van der Waals surface area (Å²) in [6, 6.07) is 0. The van der Waals surface area contributed by atoms with Gasteiger partial charge in [-0.3, -0.25) is 0 Å². The van der Waals surface area contributed by atoms with Gasteiger partial charge in [-0.25, -0.2) is 9.98 Å². The van der Waals surface area contributed by atoms with E-state index in [0.29, 0.717) is 0 Å². The first-order valence-corrected chi connectivity index (χ1v) is 4.50. The van der Waals surface area contributed by atoms with Gasteiger partial charge in [0.15, 0.2) is 11.3 Å². The third-order valence-corrected chi connectivity index (χ3v) is 2.24. The molecule has 4 N–H and O–H groups in total. The normalized spacial score (nSPS) is 17.6. The van der Waals surface area contributed by atoms with Crippen molar-refractivity contribution in [3.63, 3.8) is 0 Å². The fourth-order valence-electron chi connectivity index (χ4n) is 1.42. The lowest BCUT2D eigenvalue weighted by atomic mass is 10.2. The SMILES string of the molecule is Nc1nc(N)c2c(n1)=NC(C(F)(F)F)(C(F)(F)F)N=2. The van der Waals surface area contributed by atoms with Crippen molar-refractivity contribution in [2.24, 2.45) is 9.98 Å². The van der Waals surface area contributed by atoms with Crippen LogP contribution in [-0.2, 0) is 0 Å². The Labute approximate surface area is 99.4 Å². The molecule has 1 aliphatic rings. The van der Waals surface area contributed by atoms with Gasteiger partial charge in [0.2, 0.25) is 5.95 Å². The Hall–Kier alpha value is -2.14. The fourth-order valence-corrected chi connectivity index (χ4v) is 1.42. The summed E-state index contributed by atoms with van der Waals surface area (Å²) in [7, 11) is 0. The Morgan fingerprint density at radius 1 is 0.842 bits per heavy atom. The second kappa shape index (κ2) is 3.45. The minimum Gasteiger partial charge on any atom is -0.382 e. The third-order valence-electron chi connectivity index (χ3n) is 2.24. The molecule has 0 aromatic carbocycles. The zero-order chi connectivity index (χ0) is 14.6. The van der Waals surface area contributed by atoms with E-state index in [9.17, 15) is 26.3 Å². The smallest absolute Gasteiger partial charge is 0.382 e. The van der Waals surface area contributed by atoms with Crippen LogP contribution in [0, 0.1) is 0 Å². The highest BCUT2D eigenvalue weighted by Crippen LogP contribution is 2.47. The van der Waals surface area contributed by atoms with Crippen molar-refractivity contribution in [1.82, 2.24) is 9.97 Å². The van der Waals surface area contributed by atoms with Crippen molar-refractivity contribution >= 4 is 11.8 Å². The lowest BCUT2D eigenvalue weighted by molar-refractivity contribution is -0.292. The number of aromatic nitrogens is 2. The Kier molecular flexibility index (Phi) is 2.41. The van der Waals surface area contributed by atoms with Gasteiger partial charge in [-0.2, -0.15) is 36.3 Å². The van der Waals surface area contributed by atoms with Crippen molar-refractivity contribution in [2.45, 2.75) is 18.0 Å². The molecule has 0 fully saturated rings. The summed E-state index contributed by atoms with van der Waals surface area (Å²) in [5.74, 6) is -1.31. The topological polar surface area (TPSA) is 103 Å². The van der Waals surface area contributed by atoms with Crippen molar-refractivity contribution in [3.8, 4) is 0 Å². The molecule has 1 aromatic rings. The van der Waals surface area contributed by atoms with E-state index in [1.54, 1.807) is 0 Å². The first-order chi connectivity index (χ1) is 8.48. The standard InChI is InChI=1S/C7H4F6N6/c8-6(9,10)5(7(11,12)13)18-1-2(14)16-4(15)17-3(1)19-5/h(H4,14,15,16,17,19). The van der Waals surface area contributed by atoms with Crippen LogP contribution in [0.5, 0.6) is 0 Å². The summed E-state index contributed by atoms with van der Waals surface area (Å²) in [5, 5.41) is -0.885. The first-order valence-electron chi connectivity index (χ1n) is 4.50. The Morgan fingerprint density at radius 3 is 1.84 bits per heavy atom. The minimum absolute atomic E-state index is 0.602. The molecule has 0 radical (unpaired) electrons. The van der Waals surface area contributed by atoms with Crippen LogP contribution in [0.3, 0.4) is 0 Å². The minimum atomic E-state index is -5.80. The van der Waals surface area contributed by atoms with E-state index in [1.165, 1.54) is 0 Å². The summed E-state index contributed by atoms with van der Waals surface area (Å²) >= 11 is 0. The van der Waals surface area contributed by atoms with E-state index in [2.05, 4.69) is 20.0 Å². The lowest BCUT2D eigenvalue weighted by Gasteiger charge is -2.27. The van der Waals surface area contributed by atoms with Crippen LogP contribution < -0.4 is 22.3 Å². The molecule has 2 rings (SSSR count). The van der Waals surface area contributed by atoms with Gasteiger partial charge in [0, 0.05) is 0 Å². The van der Waals surface area contributed by atoms with E-state index in [4.69, 9.17) is 11.5 Å². The average Bonchev–Trinajstić information content (AvgIpc) is 2.56. The highest BCUT2D eigenvalue weighted by Gasteiger charge is 2.73. The molecule has 1 aliphatic heterocycles. The summed E-state index contributed by atoms with van der Waals surface area (Å²) < 4.78 is 76.1. The molecule has 104 valence electrons. The zero-order valence-corrected chi connectivity index (χ0v) is 8.71. The predicted octanol–water partition coefficient (Wildman–Crippen LogP) is -0.285. The van der Waals surface area contributed by atoms with Crippen LogP contribution in [-0.4, -0.2) is 28.0 Å². The quantitative estimate of drug-likeness (QED) is 0.640. The highest BCUT2D eigenvalue weighted by molar-refractivity contribution is 5.33. The number of nitrogen functional groups attached to an aromatic ring is 2. The number of halogens is 6. The van der Waals surface area contributed by atoms with Crippen LogP contribution in [0.15, 0.2) is 9.98 Å². The molecule has 0 bridgehead atoms. The molecule has 12 heteroatoms. The molecule has 0 saturated carbocycles. The molecule has 0 amide bonds. The van der Waals surface area contributed by atoms with Gasteiger partial charge in [-0.15, -0.1) is 0 Å². The number of nitrogens with zero attached hydrogens (tertiary/aromatic N) is 4. The third kappa shape index (κ3) is 1.74. The van der Waals surface area contributed by atoms with E-state index < -0.39 is 40.6 Å². The molecule has 1 aromatic heterocycles.